The fourth-order valence-electron chi connectivity index (χ4n) is 4.17. The number of rotatable bonds is 18. The highest BCUT2D eigenvalue weighted by Gasteiger charge is 2.17. The molecule has 0 spiro atoms. The van der Waals surface area contributed by atoms with Crippen LogP contribution in [0.3, 0.4) is 0 Å². The van der Waals surface area contributed by atoms with Crippen LogP contribution in [-0.2, 0) is 63.7 Å². The molecule has 0 aliphatic carbocycles. The maximum absolute atomic E-state index is 13.4. The third-order valence-corrected chi connectivity index (χ3v) is 11.5. The molecule has 1 heterocycles. The minimum atomic E-state index is -0.884. The number of nitrogens with zero attached hydrogens (tertiary/aromatic N) is 3. The molecule has 0 fully saturated rings. The molecule has 4 aromatic rings. The van der Waals surface area contributed by atoms with Crippen molar-refractivity contribution >= 4 is 136 Å². The summed E-state index contributed by atoms with van der Waals surface area (Å²) in [6, 6.07) is 23.1. The summed E-state index contributed by atoms with van der Waals surface area (Å²) in [6.07, 6.45) is 0. The van der Waals surface area contributed by atoms with Crippen molar-refractivity contribution in [2.24, 2.45) is 0 Å². The summed E-state index contributed by atoms with van der Waals surface area (Å²) in [6.45, 7) is -1.33. The van der Waals surface area contributed by atoms with E-state index >= 15 is 0 Å². The van der Waals surface area contributed by atoms with Crippen molar-refractivity contribution < 1.29 is 26.8 Å². The zero-order chi connectivity index (χ0) is 38.9. The third kappa shape index (κ3) is 15.3. The lowest BCUT2D eigenvalue weighted by atomic mass is 10.2. The molecule has 288 valence electrons. The second-order valence-corrected chi connectivity index (χ2v) is 16.3. The summed E-state index contributed by atoms with van der Waals surface area (Å²) >= 11 is 28.8. The van der Waals surface area contributed by atoms with E-state index in [1.807, 2.05) is 72.8 Å². The molecular formula is C33H30Br3N3O9S6. The Balaban J connectivity index is 1.34. The smallest absolute Gasteiger partial charge is 0.364 e. The second kappa shape index (κ2) is 23.6. The van der Waals surface area contributed by atoms with Gasteiger partial charge in [-0.3, -0.25) is 0 Å². The molecule has 0 radical (unpaired) electrons. The second-order valence-electron chi connectivity index (χ2n) is 10.5. The lowest BCUT2D eigenvalue weighted by Gasteiger charge is -2.15. The van der Waals surface area contributed by atoms with Gasteiger partial charge in [0.2, 0.25) is 0 Å². The van der Waals surface area contributed by atoms with Gasteiger partial charge in [0, 0.05) is 50.1 Å². The molecule has 0 atom stereocenters. The molecule has 0 N–H and O–H groups in total. The van der Waals surface area contributed by atoms with Crippen LogP contribution in [-0.4, -0.2) is 49.2 Å². The molecule has 0 saturated carbocycles. The molecule has 21 heteroatoms. The van der Waals surface area contributed by atoms with Crippen LogP contribution >= 0.6 is 121 Å². The van der Waals surface area contributed by atoms with Crippen LogP contribution in [0.1, 0.15) is 16.7 Å². The van der Waals surface area contributed by atoms with E-state index in [1.165, 1.54) is 0 Å². The summed E-state index contributed by atoms with van der Waals surface area (Å²) in [5, 5.41) is -0.545. The van der Waals surface area contributed by atoms with E-state index in [-0.39, 0.29) is 55.2 Å². The Morgan fingerprint density at radius 3 is 0.944 bits per heavy atom. The Hall–Kier alpha value is -2.37. The zero-order valence-corrected chi connectivity index (χ0v) is 37.5. The maximum Gasteiger partial charge on any atom is 0.364 e. The van der Waals surface area contributed by atoms with E-state index in [9.17, 15) is 14.4 Å². The molecule has 0 amide bonds. The number of thiocarbonyl (C=S) groups is 3. The molecule has 54 heavy (non-hydrogen) atoms. The van der Waals surface area contributed by atoms with Crippen LogP contribution in [0.2, 0.25) is 0 Å². The quantitative estimate of drug-likeness (QED) is 0.0708. The molecule has 0 aliphatic rings. The van der Waals surface area contributed by atoms with Crippen LogP contribution in [0, 0.1) is 0 Å². The summed E-state index contributed by atoms with van der Waals surface area (Å²) in [5.41, 5.74) is 0.368. The van der Waals surface area contributed by atoms with Gasteiger partial charge in [0.15, 0.2) is 0 Å². The van der Waals surface area contributed by atoms with Crippen molar-refractivity contribution in [1.82, 2.24) is 13.7 Å². The summed E-state index contributed by atoms with van der Waals surface area (Å²) in [7, 11) is 0. The van der Waals surface area contributed by atoms with E-state index in [1.54, 1.807) is 0 Å². The number of hydrogen-bond acceptors (Lipinski definition) is 15. The zero-order valence-electron chi connectivity index (χ0n) is 27.9. The first-order chi connectivity index (χ1) is 26.0. The van der Waals surface area contributed by atoms with E-state index in [2.05, 4.69) is 47.8 Å². The molecule has 0 unspecified atom stereocenters. The molecule has 1 aromatic heterocycles. The SMILES string of the molecule is O=c1n(CCOC(=S)OSCc2ccc(Br)cc2)c(=O)n(CCOC(=S)OSCc2ccc(Br)cc2)c(=O)n1CCOC(=S)OSCc1ccc(Br)cc1. The number of aromatic nitrogens is 3. The fraction of sp³-hybridized carbons (Fsp3) is 0.273. The van der Waals surface area contributed by atoms with Crippen molar-refractivity contribution in [2.75, 3.05) is 19.8 Å². The minimum Gasteiger partial charge on any atom is -0.454 e. The van der Waals surface area contributed by atoms with Gasteiger partial charge in [-0.05, 0) is 53.1 Å². The predicted octanol–water partition coefficient (Wildman–Crippen LogP) is 7.96. The summed E-state index contributed by atoms with van der Waals surface area (Å²) in [5.74, 6) is 1.52. The third-order valence-electron chi connectivity index (χ3n) is 6.79. The maximum atomic E-state index is 13.4. The topological polar surface area (TPSA) is 121 Å². The van der Waals surface area contributed by atoms with Gasteiger partial charge in [-0.2, -0.15) is 0 Å². The molecular weight excluding hydrogens is 1010 g/mol. The predicted molar refractivity (Wildman–Crippen MR) is 234 cm³/mol. The van der Waals surface area contributed by atoms with Gasteiger partial charge in [-0.25, -0.2) is 28.1 Å². The Morgan fingerprint density at radius 1 is 0.463 bits per heavy atom. The van der Waals surface area contributed by atoms with Crippen LogP contribution in [0.15, 0.2) is 101 Å². The highest BCUT2D eigenvalue weighted by atomic mass is 79.9. The van der Waals surface area contributed by atoms with E-state index in [0.717, 1.165) is 79.9 Å². The van der Waals surface area contributed by atoms with E-state index in [4.69, 9.17) is 63.4 Å². The van der Waals surface area contributed by atoms with Crippen molar-refractivity contribution in [3.63, 3.8) is 0 Å². The number of hydrogen-bond donors (Lipinski definition) is 0. The van der Waals surface area contributed by atoms with Gasteiger partial charge in [-0.15, -0.1) is 0 Å². The Labute approximate surface area is 364 Å². The Bertz CT molecular complexity index is 1790. The highest BCUT2D eigenvalue weighted by Crippen LogP contribution is 2.19. The van der Waals surface area contributed by atoms with Crippen LogP contribution in [0.5, 0.6) is 0 Å². The molecule has 0 aliphatic heterocycles. The summed E-state index contributed by atoms with van der Waals surface area (Å²) < 4.78 is 38.0. The number of ether oxygens (including phenoxy) is 3. The average Bonchev–Trinajstić information content (AvgIpc) is 3.15. The number of halogens is 3. The van der Waals surface area contributed by atoms with Gasteiger partial charge in [0.05, 0.1) is 73.0 Å². The minimum absolute atomic E-state index is 0.182. The molecule has 4 rings (SSSR count). The van der Waals surface area contributed by atoms with E-state index < -0.39 is 17.1 Å². The standard InChI is InChI=1S/C33H30Br3N3O9S6/c34-25-7-1-22(2-8-25)19-52-46-31(49)43-16-13-37-28(40)38(14-17-44-32(50)47-53-20-23-3-9-26(35)10-4-23)30(42)39(29(37)41)15-18-45-33(51)48-54-21-24-5-11-27(36)12-6-24/h1-12H,13-21H2. The van der Waals surface area contributed by atoms with E-state index in [0.29, 0.717) is 17.3 Å². The van der Waals surface area contributed by atoms with Crippen LogP contribution in [0.4, 0.5) is 0 Å². The first-order valence-electron chi connectivity index (χ1n) is 15.6. The monoisotopic (exact) mass is 1040 g/mol. The molecule has 3 aromatic carbocycles. The largest absolute Gasteiger partial charge is 0.454 e. The molecule has 0 bridgehead atoms. The first-order valence-corrected chi connectivity index (χ1v) is 21.9. The van der Waals surface area contributed by atoms with Crippen molar-refractivity contribution in [3.05, 3.63) is 134 Å². The first kappa shape index (κ1) is 44.3. The Morgan fingerprint density at radius 2 is 0.704 bits per heavy atom. The Kier molecular flexibility index (Phi) is 19.4. The fourth-order valence-corrected chi connectivity index (χ4v) is 7.24. The van der Waals surface area contributed by atoms with Gasteiger partial charge >= 0.3 is 32.8 Å². The van der Waals surface area contributed by atoms with Crippen molar-refractivity contribution in [3.8, 4) is 0 Å². The van der Waals surface area contributed by atoms with Gasteiger partial charge in [0.25, 0.3) is 0 Å². The van der Waals surface area contributed by atoms with Gasteiger partial charge < -0.3 is 26.8 Å². The lowest BCUT2D eigenvalue weighted by Crippen LogP contribution is -2.55. The molecule has 0 saturated heterocycles. The van der Waals surface area contributed by atoms with Crippen LogP contribution in [0.25, 0.3) is 0 Å². The molecule has 12 nitrogen and oxygen atoms in total. The summed E-state index contributed by atoms with van der Waals surface area (Å²) in [4.78, 5) is 40.3. The van der Waals surface area contributed by atoms with Gasteiger partial charge in [-0.1, -0.05) is 84.2 Å². The normalized spacial score (nSPS) is 10.7. The van der Waals surface area contributed by atoms with Crippen LogP contribution < -0.4 is 17.1 Å². The van der Waals surface area contributed by atoms with Crippen molar-refractivity contribution in [2.45, 2.75) is 36.9 Å². The average molecular weight is 1040 g/mol. The van der Waals surface area contributed by atoms with Gasteiger partial charge in [0.1, 0.15) is 19.8 Å². The van der Waals surface area contributed by atoms with Crippen molar-refractivity contribution in [1.29, 1.82) is 0 Å². The highest BCUT2D eigenvalue weighted by molar-refractivity contribution is 9.11. The lowest BCUT2D eigenvalue weighted by molar-refractivity contribution is 0.218. The number of benzene rings is 3.